The highest BCUT2D eigenvalue weighted by molar-refractivity contribution is 6.21. The van der Waals surface area contributed by atoms with Gasteiger partial charge in [0, 0.05) is 16.8 Å². The molecule has 19 heavy (non-hydrogen) atoms. The van der Waals surface area contributed by atoms with Crippen LogP contribution in [-0.2, 0) is 0 Å². The van der Waals surface area contributed by atoms with Gasteiger partial charge in [0.2, 0.25) is 0 Å². The molecule has 3 rings (SSSR count). The Kier molecular flexibility index (Phi) is 3.83. The van der Waals surface area contributed by atoms with E-state index in [9.17, 15) is 0 Å². The minimum Gasteiger partial charge on any atom is -0.364 e. The lowest BCUT2D eigenvalue weighted by Gasteiger charge is -2.22. The molecule has 4 heteroatoms. The van der Waals surface area contributed by atoms with E-state index in [2.05, 4.69) is 27.6 Å². The van der Waals surface area contributed by atoms with Crippen molar-refractivity contribution in [3.05, 3.63) is 30.5 Å². The van der Waals surface area contributed by atoms with E-state index in [-0.39, 0.29) is 5.38 Å². The molecule has 0 radical (unpaired) electrons. The normalized spacial score (nSPS) is 24.1. The number of benzene rings is 1. The van der Waals surface area contributed by atoms with Crippen LogP contribution in [0.4, 0.5) is 5.82 Å². The van der Waals surface area contributed by atoms with Gasteiger partial charge in [-0.05, 0) is 12.8 Å². The highest BCUT2D eigenvalue weighted by Gasteiger charge is 2.22. The number of nitrogens with one attached hydrogen (secondary N) is 1. The Labute approximate surface area is 118 Å². The largest absolute Gasteiger partial charge is 0.364 e. The monoisotopic (exact) mass is 275 g/mol. The zero-order chi connectivity index (χ0) is 13.1. The Hall–Kier alpha value is -1.35. The minimum absolute atomic E-state index is 0.184. The quantitative estimate of drug-likeness (QED) is 0.665. The van der Waals surface area contributed by atoms with Crippen LogP contribution in [0.1, 0.15) is 32.1 Å². The van der Waals surface area contributed by atoms with E-state index in [1.54, 1.807) is 6.20 Å². The molecule has 2 unspecified atom stereocenters. The summed E-state index contributed by atoms with van der Waals surface area (Å²) in [6, 6.07) is 8.47. The average molecular weight is 276 g/mol. The van der Waals surface area contributed by atoms with Gasteiger partial charge in [0.25, 0.3) is 0 Å². The molecule has 3 nitrogen and oxygen atoms in total. The first-order valence-corrected chi connectivity index (χ1v) is 7.39. The third-order valence-corrected chi connectivity index (χ3v) is 4.35. The van der Waals surface area contributed by atoms with Crippen molar-refractivity contribution >= 4 is 28.2 Å². The Morgan fingerprint density at radius 1 is 1.11 bits per heavy atom. The second-order valence-electron chi connectivity index (χ2n) is 5.19. The molecule has 0 spiro atoms. The standard InChI is InChI=1S/C15H18ClN3/c16-13-8-2-1-3-9-14(13)18-15-12-7-5-4-6-11(12)10-17-19-15/h4-7,10,13-14H,1-3,8-9H2,(H,18,19). The lowest BCUT2D eigenvalue weighted by Crippen LogP contribution is -2.29. The summed E-state index contributed by atoms with van der Waals surface area (Å²) in [5, 5.41) is 14.2. The number of alkyl halides is 1. The van der Waals surface area contributed by atoms with E-state index < -0.39 is 0 Å². The van der Waals surface area contributed by atoms with E-state index in [0.717, 1.165) is 29.4 Å². The van der Waals surface area contributed by atoms with Crippen LogP contribution in [0.25, 0.3) is 10.8 Å². The number of hydrogen-bond acceptors (Lipinski definition) is 3. The maximum atomic E-state index is 6.48. The zero-order valence-electron chi connectivity index (χ0n) is 10.8. The molecule has 1 aliphatic carbocycles. The Bertz CT molecular complexity index is 553. The molecule has 1 aromatic carbocycles. The smallest absolute Gasteiger partial charge is 0.156 e. The summed E-state index contributed by atoms with van der Waals surface area (Å²) in [5.41, 5.74) is 0. The van der Waals surface area contributed by atoms with E-state index >= 15 is 0 Å². The SMILES string of the molecule is ClC1CCCCCC1Nc1nncc2ccccc12. The van der Waals surface area contributed by atoms with Crippen molar-refractivity contribution in [2.45, 2.75) is 43.5 Å². The third kappa shape index (κ3) is 2.81. The molecule has 1 N–H and O–H groups in total. The van der Waals surface area contributed by atoms with Gasteiger partial charge in [0.1, 0.15) is 0 Å². The molecule has 0 saturated heterocycles. The highest BCUT2D eigenvalue weighted by atomic mass is 35.5. The molecule has 1 aromatic heterocycles. The summed E-state index contributed by atoms with van der Waals surface area (Å²) >= 11 is 6.48. The second-order valence-corrected chi connectivity index (χ2v) is 5.75. The fourth-order valence-corrected chi connectivity index (χ4v) is 3.08. The van der Waals surface area contributed by atoms with E-state index in [1.807, 2.05) is 12.1 Å². The van der Waals surface area contributed by atoms with Crippen molar-refractivity contribution in [2.24, 2.45) is 0 Å². The number of nitrogens with zero attached hydrogens (tertiary/aromatic N) is 2. The Balaban J connectivity index is 1.88. The maximum Gasteiger partial charge on any atom is 0.156 e. The van der Waals surface area contributed by atoms with Crippen LogP contribution in [0.2, 0.25) is 0 Å². The van der Waals surface area contributed by atoms with Crippen molar-refractivity contribution in [1.29, 1.82) is 0 Å². The van der Waals surface area contributed by atoms with Gasteiger partial charge < -0.3 is 5.32 Å². The van der Waals surface area contributed by atoms with Gasteiger partial charge >= 0.3 is 0 Å². The molecule has 0 aliphatic heterocycles. The summed E-state index contributed by atoms with van der Waals surface area (Å²) in [6.07, 6.45) is 7.73. The Morgan fingerprint density at radius 2 is 1.95 bits per heavy atom. The van der Waals surface area contributed by atoms with Gasteiger partial charge in [-0.15, -0.1) is 16.7 Å². The van der Waals surface area contributed by atoms with Gasteiger partial charge in [-0.1, -0.05) is 43.5 Å². The highest BCUT2D eigenvalue weighted by Crippen LogP contribution is 2.27. The van der Waals surface area contributed by atoms with Gasteiger partial charge in [0.05, 0.1) is 11.6 Å². The van der Waals surface area contributed by atoms with Gasteiger partial charge in [-0.2, -0.15) is 5.10 Å². The van der Waals surface area contributed by atoms with Gasteiger partial charge in [-0.25, -0.2) is 0 Å². The van der Waals surface area contributed by atoms with E-state index in [4.69, 9.17) is 11.6 Å². The molecule has 1 fully saturated rings. The van der Waals surface area contributed by atoms with Crippen LogP contribution in [0.5, 0.6) is 0 Å². The molecule has 2 atom stereocenters. The molecular weight excluding hydrogens is 258 g/mol. The summed E-state index contributed by atoms with van der Waals surface area (Å²) in [6.45, 7) is 0. The molecule has 0 bridgehead atoms. The number of anilines is 1. The zero-order valence-corrected chi connectivity index (χ0v) is 11.6. The first kappa shape index (κ1) is 12.7. The molecule has 1 aliphatic rings. The molecule has 0 amide bonds. The van der Waals surface area contributed by atoms with E-state index in [0.29, 0.717) is 6.04 Å². The molecular formula is C15H18ClN3. The second kappa shape index (κ2) is 5.74. The topological polar surface area (TPSA) is 37.8 Å². The van der Waals surface area contributed by atoms with Crippen molar-refractivity contribution in [3.8, 4) is 0 Å². The number of hydrogen-bond donors (Lipinski definition) is 1. The van der Waals surface area contributed by atoms with Crippen LogP contribution in [-0.4, -0.2) is 21.6 Å². The average Bonchev–Trinajstić information content (AvgIpc) is 2.65. The summed E-state index contributed by atoms with van der Waals surface area (Å²) in [7, 11) is 0. The van der Waals surface area contributed by atoms with Crippen LogP contribution in [0, 0.1) is 0 Å². The molecule has 2 aromatic rings. The maximum absolute atomic E-state index is 6.48. The number of aromatic nitrogens is 2. The predicted octanol–water partition coefficient (Wildman–Crippen LogP) is 3.98. The van der Waals surface area contributed by atoms with Crippen LogP contribution in [0.3, 0.4) is 0 Å². The van der Waals surface area contributed by atoms with E-state index in [1.165, 1.54) is 19.3 Å². The van der Waals surface area contributed by atoms with Gasteiger partial charge in [0.15, 0.2) is 5.82 Å². The van der Waals surface area contributed by atoms with Crippen LogP contribution in [0.15, 0.2) is 30.5 Å². The van der Waals surface area contributed by atoms with Crippen LogP contribution < -0.4 is 5.32 Å². The lowest BCUT2D eigenvalue weighted by molar-refractivity contribution is 0.624. The molecule has 100 valence electrons. The summed E-state index contributed by atoms with van der Waals surface area (Å²) in [5.74, 6) is 0.857. The van der Waals surface area contributed by atoms with Gasteiger partial charge in [-0.3, -0.25) is 0 Å². The fourth-order valence-electron chi connectivity index (χ4n) is 2.74. The fraction of sp³-hybridized carbons (Fsp3) is 0.467. The number of rotatable bonds is 2. The minimum atomic E-state index is 0.184. The first-order valence-electron chi connectivity index (χ1n) is 6.95. The summed E-state index contributed by atoms with van der Waals surface area (Å²) < 4.78 is 0. The van der Waals surface area contributed by atoms with Crippen molar-refractivity contribution in [2.75, 3.05) is 5.32 Å². The molecule has 1 heterocycles. The van der Waals surface area contributed by atoms with Crippen molar-refractivity contribution in [1.82, 2.24) is 10.2 Å². The first-order chi connectivity index (χ1) is 9.34. The summed E-state index contributed by atoms with van der Waals surface area (Å²) in [4.78, 5) is 0. The molecule has 1 saturated carbocycles. The lowest BCUT2D eigenvalue weighted by atomic mass is 10.1. The van der Waals surface area contributed by atoms with Crippen molar-refractivity contribution in [3.63, 3.8) is 0 Å². The number of halogens is 1. The number of fused-ring (bicyclic) bond motifs is 1. The van der Waals surface area contributed by atoms with Crippen molar-refractivity contribution < 1.29 is 0 Å². The third-order valence-electron chi connectivity index (χ3n) is 3.82. The van der Waals surface area contributed by atoms with Crippen LogP contribution >= 0.6 is 11.6 Å². The Morgan fingerprint density at radius 3 is 2.89 bits per heavy atom. The predicted molar refractivity (Wildman–Crippen MR) is 79.7 cm³/mol.